The lowest BCUT2D eigenvalue weighted by atomic mass is 10.2. The third kappa shape index (κ3) is 4.05. The van der Waals surface area contributed by atoms with Gasteiger partial charge in [-0.2, -0.15) is 13.2 Å². The fourth-order valence-corrected chi connectivity index (χ4v) is 2.77. The molecule has 0 amide bonds. The summed E-state index contributed by atoms with van der Waals surface area (Å²) in [5.74, 6) is -0.468. The first-order chi connectivity index (χ1) is 10.2. The van der Waals surface area contributed by atoms with Crippen LogP contribution in [-0.2, 0) is 22.7 Å². The van der Waals surface area contributed by atoms with Crippen molar-refractivity contribution in [3.8, 4) is 0 Å². The zero-order chi connectivity index (χ0) is 16.4. The van der Waals surface area contributed by atoms with Crippen molar-refractivity contribution >= 4 is 10.0 Å². The highest BCUT2D eigenvalue weighted by Crippen LogP contribution is 2.30. The summed E-state index contributed by atoms with van der Waals surface area (Å²) in [6.45, 7) is -0.154. The summed E-state index contributed by atoms with van der Waals surface area (Å²) in [6.07, 6.45) is -4.62. The lowest BCUT2D eigenvalue weighted by molar-refractivity contribution is -0.137. The van der Waals surface area contributed by atoms with Crippen LogP contribution < -0.4 is 4.72 Å². The minimum atomic E-state index is -4.62. The van der Waals surface area contributed by atoms with Crippen molar-refractivity contribution in [1.82, 2.24) is 4.72 Å². The van der Waals surface area contributed by atoms with Crippen LogP contribution in [0.5, 0.6) is 0 Å². The van der Waals surface area contributed by atoms with Gasteiger partial charge in [-0.1, -0.05) is 18.2 Å². The van der Waals surface area contributed by atoms with Gasteiger partial charge in [-0.05, 0) is 35.9 Å². The highest BCUT2D eigenvalue weighted by Gasteiger charge is 2.31. The molecule has 0 aliphatic rings. The van der Waals surface area contributed by atoms with Gasteiger partial charge in [-0.3, -0.25) is 0 Å². The molecule has 2 aromatic carbocycles. The Labute approximate surface area is 124 Å². The highest BCUT2D eigenvalue weighted by molar-refractivity contribution is 7.89. The Bertz CT molecular complexity index is 755. The van der Waals surface area contributed by atoms with Crippen molar-refractivity contribution in [1.29, 1.82) is 0 Å². The van der Waals surface area contributed by atoms with E-state index in [1.165, 1.54) is 12.1 Å². The maximum atomic E-state index is 12.7. The van der Waals surface area contributed by atoms with Crippen molar-refractivity contribution in [2.24, 2.45) is 0 Å². The summed E-state index contributed by atoms with van der Waals surface area (Å²) >= 11 is 0. The van der Waals surface area contributed by atoms with E-state index in [9.17, 15) is 26.0 Å². The molecule has 3 nitrogen and oxygen atoms in total. The van der Waals surface area contributed by atoms with E-state index >= 15 is 0 Å². The summed E-state index contributed by atoms with van der Waals surface area (Å²) in [6, 6.07) is 8.53. The van der Waals surface area contributed by atoms with Crippen LogP contribution in [-0.4, -0.2) is 8.42 Å². The largest absolute Gasteiger partial charge is 0.416 e. The molecule has 0 saturated carbocycles. The Morgan fingerprint density at radius 3 is 2.23 bits per heavy atom. The summed E-state index contributed by atoms with van der Waals surface area (Å²) < 4.78 is 76.7. The van der Waals surface area contributed by atoms with Gasteiger partial charge in [0.05, 0.1) is 10.5 Å². The molecule has 0 radical (unpaired) electrons. The van der Waals surface area contributed by atoms with Crippen molar-refractivity contribution in [3.05, 3.63) is 65.5 Å². The smallest absolute Gasteiger partial charge is 0.207 e. The van der Waals surface area contributed by atoms with Crippen LogP contribution in [0.25, 0.3) is 0 Å². The lowest BCUT2D eigenvalue weighted by Crippen LogP contribution is -2.23. The quantitative estimate of drug-likeness (QED) is 0.873. The molecule has 0 atom stereocenters. The van der Waals surface area contributed by atoms with Crippen LogP contribution in [0.1, 0.15) is 11.1 Å². The van der Waals surface area contributed by atoms with Crippen molar-refractivity contribution in [2.45, 2.75) is 17.6 Å². The first-order valence-electron chi connectivity index (χ1n) is 6.10. The molecule has 0 aromatic heterocycles. The van der Waals surface area contributed by atoms with E-state index in [0.717, 1.165) is 30.3 Å². The zero-order valence-electron chi connectivity index (χ0n) is 11.1. The predicted octanol–water partition coefficient (Wildman–Crippen LogP) is 3.32. The van der Waals surface area contributed by atoms with Crippen LogP contribution in [0.15, 0.2) is 53.4 Å². The van der Waals surface area contributed by atoms with Gasteiger partial charge in [0.1, 0.15) is 5.82 Å². The van der Waals surface area contributed by atoms with E-state index < -0.39 is 32.5 Å². The van der Waals surface area contributed by atoms with E-state index in [4.69, 9.17) is 0 Å². The average molecular weight is 333 g/mol. The molecule has 2 rings (SSSR count). The number of alkyl halides is 3. The highest BCUT2D eigenvalue weighted by atomic mass is 32.2. The van der Waals surface area contributed by atoms with Crippen LogP contribution in [0.2, 0.25) is 0 Å². The van der Waals surface area contributed by atoms with Gasteiger partial charge in [-0.15, -0.1) is 0 Å². The molecule has 0 bridgehead atoms. The fraction of sp³-hybridized carbons (Fsp3) is 0.143. The summed E-state index contributed by atoms with van der Waals surface area (Å²) in [5.41, 5.74) is -0.561. The third-order valence-electron chi connectivity index (χ3n) is 2.85. The number of hydrogen-bond donors (Lipinski definition) is 1. The minimum absolute atomic E-state index is 0.154. The molecular weight excluding hydrogens is 322 g/mol. The molecule has 0 saturated heterocycles. The second-order valence-electron chi connectivity index (χ2n) is 4.48. The Balaban J connectivity index is 2.18. The summed E-state index contributed by atoms with van der Waals surface area (Å²) in [4.78, 5) is -0.482. The molecule has 2 aromatic rings. The Morgan fingerprint density at radius 2 is 1.64 bits per heavy atom. The Hall–Kier alpha value is -1.93. The summed E-state index contributed by atoms with van der Waals surface area (Å²) in [5, 5.41) is 0. The zero-order valence-corrected chi connectivity index (χ0v) is 11.9. The van der Waals surface area contributed by atoms with Crippen molar-refractivity contribution in [2.75, 3.05) is 0 Å². The predicted molar refractivity (Wildman–Crippen MR) is 71.9 cm³/mol. The van der Waals surface area contributed by atoms with Gasteiger partial charge in [0.25, 0.3) is 0 Å². The summed E-state index contributed by atoms with van der Waals surface area (Å²) in [7, 11) is -4.10. The standard InChI is InChI=1S/C14H11F4NO2S/c15-12-6-4-10(5-7-12)9-19-22(20,21)13-3-1-2-11(8-13)14(16,17)18/h1-8,19H,9H2. The van der Waals surface area contributed by atoms with Crippen molar-refractivity contribution < 1.29 is 26.0 Å². The Morgan fingerprint density at radius 1 is 1.00 bits per heavy atom. The van der Waals surface area contributed by atoms with Crippen LogP contribution in [0.3, 0.4) is 0 Å². The van der Waals surface area contributed by atoms with Gasteiger partial charge in [-0.25, -0.2) is 17.5 Å². The number of rotatable bonds is 4. The van der Waals surface area contributed by atoms with E-state index in [1.54, 1.807) is 0 Å². The number of sulfonamides is 1. The number of hydrogen-bond acceptors (Lipinski definition) is 2. The maximum absolute atomic E-state index is 12.7. The maximum Gasteiger partial charge on any atom is 0.416 e. The molecule has 0 spiro atoms. The first-order valence-corrected chi connectivity index (χ1v) is 7.58. The van der Waals surface area contributed by atoms with Gasteiger partial charge < -0.3 is 0 Å². The molecule has 0 heterocycles. The Kier molecular flexibility index (Phi) is 4.52. The number of benzene rings is 2. The van der Waals surface area contributed by atoms with Crippen LogP contribution in [0.4, 0.5) is 17.6 Å². The number of nitrogens with one attached hydrogen (secondary N) is 1. The third-order valence-corrected chi connectivity index (χ3v) is 4.25. The molecule has 1 N–H and O–H groups in total. The lowest BCUT2D eigenvalue weighted by Gasteiger charge is -2.10. The van der Waals surface area contributed by atoms with Crippen molar-refractivity contribution in [3.63, 3.8) is 0 Å². The van der Waals surface area contributed by atoms with Gasteiger partial charge in [0.2, 0.25) is 10.0 Å². The fourth-order valence-electron chi connectivity index (χ4n) is 1.70. The van der Waals surface area contributed by atoms with Crippen LogP contribution in [0, 0.1) is 5.82 Å². The van der Waals surface area contributed by atoms with Gasteiger partial charge in [0.15, 0.2) is 0 Å². The molecular formula is C14H11F4NO2S. The molecule has 0 fully saturated rings. The van der Waals surface area contributed by atoms with Gasteiger partial charge in [0, 0.05) is 6.54 Å². The molecule has 0 aliphatic heterocycles. The SMILES string of the molecule is O=S(=O)(NCc1ccc(F)cc1)c1cccc(C(F)(F)F)c1. The van der Waals surface area contributed by atoms with Crippen LogP contribution >= 0.6 is 0 Å². The monoisotopic (exact) mass is 333 g/mol. The van der Waals surface area contributed by atoms with E-state index in [-0.39, 0.29) is 6.54 Å². The molecule has 0 unspecified atom stereocenters. The normalized spacial score (nSPS) is 12.4. The molecule has 8 heteroatoms. The number of halogens is 4. The molecule has 22 heavy (non-hydrogen) atoms. The molecule has 118 valence electrons. The van der Waals surface area contributed by atoms with E-state index in [2.05, 4.69) is 4.72 Å². The second kappa shape index (κ2) is 6.05. The topological polar surface area (TPSA) is 46.2 Å². The van der Waals surface area contributed by atoms with E-state index in [1.807, 2.05) is 0 Å². The average Bonchev–Trinajstić information content (AvgIpc) is 2.46. The second-order valence-corrected chi connectivity index (χ2v) is 6.24. The minimum Gasteiger partial charge on any atom is -0.207 e. The first kappa shape index (κ1) is 16.4. The van der Waals surface area contributed by atoms with Gasteiger partial charge >= 0.3 is 6.18 Å². The van der Waals surface area contributed by atoms with E-state index in [0.29, 0.717) is 11.6 Å². The molecule has 0 aliphatic carbocycles.